The third-order valence-electron chi connectivity index (χ3n) is 3.15. The topological polar surface area (TPSA) is 99.6 Å². The van der Waals surface area contributed by atoms with Gasteiger partial charge in [-0.1, -0.05) is 29.8 Å². The summed E-state index contributed by atoms with van der Waals surface area (Å²) < 4.78 is 1.83. The second-order valence-electron chi connectivity index (χ2n) is 4.81. The Morgan fingerprint density at radius 3 is 2.39 bits per heavy atom. The van der Waals surface area contributed by atoms with E-state index in [0.717, 1.165) is 11.4 Å². The molecule has 2 heterocycles. The van der Waals surface area contributed by atoms with Crippen LogP contribution in [0.25, 0.3) is 11.4 Å². The molecular weight excluding hydrogens is 316 g/mol. The van der Waals surface area contributed by atoms with Crippen molar-refractivity contribution in [2.45, 2.75) is 17.2 Å². The lowest BCUT2D eigenvalue weighted by atomic mass is 10.1. The number of hydrogen-bond acceptors (Lipinski definition) is 7. The van der Waals surface area contributed by atoms with Gasteiger partial charge in [0.1, 0.15) is 12.4 Å². The van der Waals surface area contributed by atoms with E-state index in [1.54, 1.807) is 0 Å². The molecule has 8 nitrogen and oxygen atoms in total. The van der Waals surface area contributed by atoms with Crippen LogP contribution >= 0.6 is 11.8 Å². The maximum Gasteiger partial charge on any atom is 0.305 e. The lowest BCUT2D eigenvalue weighted by molar-refractivity contribution is -0.385. The van der Waals surface area contributed by atoms with Crippen molar-refractivity contribution in [2.75, 3.05) is 0 Å². The summed E-state index contributed by atoms with van der Waals surface area (Å²) in [4.78, 5) is 18.0. The molecule has 0 saturated heterocycles. The fraction of sp³-hybridized carbons (Fsp3) is 0.143. The first-order valence-corrected chi connectivity index (χ1v) is 7.47. The third-order valence-corrected chi connectivity index (χ3v) is 4.08. The van der Waals surface area contributed by atoms with Crippen LogP contribution < -0.4 is 0 Å². The summed E-state index contributed by atoms with van der Waals surface area (Å²) in [6, 6.07) is 7.98. The van der Waals surface area contributed by atoms with E-state index >= 15 is 0 Å². The second-order valence-corrected chi connectivity index (χ2v) is 5.75. The van der Waals surface area contributed by atoms with E-state index < -0.39 is 4.92 Å². The van der Waals surface area contributed by atoms with Gasteiger partial charge in [-0.25, -0.2) is 9.97 Å². The van der Waals surface area contributed by atoms with Gasteiger partial charge in [-0.05, 0) is 18.7 Å². The number of hydrogen-bond donors (Lipinski definition) is 0. The molecule has 0 unspecified atom stereocenters. The Morgan fingerprint density at radius 2 is 1.78 bits per heavy atom. The van der Waals surface area contributed by atoms with Gasteiger partial charge >= 0.3 is 5.69 Å². The van der Waals surface area contributed by atoms with E-state index in [2.05, 4.69) is 20.2 Å². The fourth-order valence-corrected chi connectivity index (χ4v) is 2.57. The Bertz CT molecular complexity index is 845. The van der Waals surface area contributed by atoms with E-state index in [4.69, 9.17) is 0 Å². The Balaban J connectivity index is 1.84. The van der Waals surface area contributed by atoms with Crippen LogP contribution in [0.1, 0.15) is 5.56 Å². The molecule has 0 N–H and O–H groups in total. The summed E-state index contributed by atoms with van der Waals surface area (Å²) in [6.07, 6.45) is 2.35. The van der Waals surface area contributed by atoms with Crippen molar-refractivity contribution in [1.29, 1.82) is 0 Å². The normalized spacial score (nSPS) is 10.7. The SMILES string of the molecule is Cc1ccc(-c2nnc(Sc3ncc([N+](=O)[O-])cn3)n2C)cc1. The monoisotopic (exact) mass is 328 g/mol. The van der Waals surface area contributed by atoms with Crippen LogP contribution in [0.15, 0.2) is 47.0 Å². The number of rotatable bonds is 4. The number of aryl methyl sites for hydroxylation is 1. The summed E-state index contributed by atoms with van der Waals surface area (Å²) in [5, 5.41) is 19.9. The van der Waals surface area contributed by atoms with Gasteiger partial charge in [-0.15, -0.1) is 10.2 Å². The van der Waals surface area contributed by atoms with Crippen LogP contribution in [0, 0.1) is 17.0 Å². The minimum Gasteiger partial charge on any atom is -0.305 e. The molecule has 3 aromatic rings. The number of nitrogens with zero attached hydrogens (tertiary/aromatic N) is 6. The molecule has 2 aromatic heterocycles. The minimum absolute atomic E-state index is 0.146. The first-order valence-electron chi connectivity index (χ1n) is 6.65. The van der Waals surface area contributed by atoms with Crippen LogP contribution in [0.3, 0.4) is 0 Å². The van der Waals surface area contributed by atoms with Crippen LogP contribution in [0.5, 0.6) is 0 Å². The molecule has 0 fully saturated rings. The molecule has 0 radical (unpaired) electrons. The molecule has 9 heteroatoms. The highest BCUT2D eigenvalue weighted by atomic mass is 32.2. The Kier molecular flexibility index (Phi) is 4.02. The van der Waals surface area contributed by atoms with E-state index in [9.17, 15) is 10.1 Å². The van der Waals surface area contributed by atoms with Crippen LogP contribution in [-0.2, 0) is 7.05 Å². The lowest BCUT2D eigenvalue weighted by Gasteiger charge is -2.03. The van der Waals surface area contributed by atoms with E-state index in [1.165, 1.54) is 29.7 Å². The molecule has 0 saturated carbocycles. The Morgan fingerprint density at radius 1 is 1.13 bits per heavy atom. The molecule has 3 rings (SSSR count). The summed E-state index contributed by atoms with van der Waals surface area (Å²) >= 11 is 1.20. The first-order chi connectivity index (χ1) is 11.0. The third kappa shape index (κ3) is 3.19. The predicted octanol–water partition coefficient (Wildman–Crippen LogP) is 2.64. The highest BCUT2D eigenvalue weighted by Gasteiger charge is 2.14. The zero-order valence-electron chi connectivity index (χ0n) is 12.4. The number of benzene rings is 1. The summed E-state index contributed by atoms with van der Waals surface area (Å²) in [5.41, 5.74) is 1.99. The van der Waals surface area contributed by atoms with Gasteiger partial charge < -0.3 is 4.57 Å². The van der Waals surface area contributed by atoms with Crippen molar-refractivity contribution in [3.8, 4) is 11.4 Å². The second kappa shape index (κ2) is 6.13. The van der Waals surface area contributed by atoms with Gasteiger partial charge in [0.15, 0.2) is 16.1 Å². The zero-order chi connectivity index (χ0) is 16.4. The van der Waals surface area contributed by atoms with E-state index in [1.807, 2.05) is 42.8 Å². The van der Waals surface area contributed by atoms with Gasteiger partial charge in [0, 0.05) is 12.6 Å². The van der Waals surface area contributed by atoms with Crippen molar-refractivity contribution < 1.29 is 4.92 Å². The predicted molar refractivity (Wildman–Crippen MR) is 84.0 cm³/mol. The van der Waals surface area contributed by atoms with E-state index in [0.29, 0.717) is 10.3 Å². The standard InChI is InChI=1S/C14H12N6O2S/c1-9-3-5-10(6-4-9)12-17-18-14(19(12)2)23-13-15-7-11(8-16-13)20(21)22/h3-8H,1-2H3. The quantitative estimate of drug-likeness (QED) is 0.412. The number of nitro groups is 1. The molecule has 0 atom stereocenters. The van der Waals surface area contributed by atoms with Gasteiger partial charge in [0.25, 0.3) is 0 Å². The maximum atomic E-state index is 10.6. The Labute approximate surface area is 135 Å². The molecule has 0 spiro atoms. The van der Waals surface area contributed by atoms with Crippen LogP contribution in [0.4, 0.5) is 5.69 Å². The molecule has 0 aliphatic heterocycles. The fourth-order valence-electron chi connectivity index (χ4n) is 1.90. The largest absolute Gasteiger partial charge is 0.305 e. The van der Waals surface area contributed by atoms with Gasteiger partial charge in [0.05, 0.1) is 4.92 Å². The van der Waals surface area contributed by atoms with Crippen LogP contribution in [0.2, 0.25) is 0 Å². The highest BCUT2D eigenvalue weighted by molar-refractivity contribution is 7.99. The number of aromatic nitrogens is 5. The maximum absolute atomic E-state index is 10.6. The molecule has 23 heavy (non-hydrogen) atoms. The van der Waals surface area contributed by atoms with Gasteiger partial charge in [-0.3, -0.25) is 10.1 Å². The van der Waals surface area contributed by atoms with Crippen molar-refractivity contribution in [3.05, 3.63) is 52.3 Å². The van der Waals surface area contributed by atoms with Crippen molar-refractivity contribution in [2.24, 2.45) is 7.05 Å². The summed E-state index contributed by atoms with van der Waals surface area (Å²) in [7, 11) is 1.85. The highest BCUT2D eigenvalue weighted by Crippen LogP contribution is 2.26. The average Bonchev–Trinajstić information content (AvgIpc) is 2.90. The zero-order valence-corrected chi connectivity index (χ0v) is 13.2. The molecule has 116 valence electrons. The lowest BCUT2D eigenvalue weighted by Crippen LogP contribution is -1.96. The molecule has 1 aromatic carbocycles. The van der Waals surface area contributed by atoms with Gasteiger partial charge in [0.2, 0.25) is 0 Å². The molecule has 0 aliphatic rings. The summed E-state index contributed by atoms with van der Waals surface area (Å²) in [5.74, 6) is 0.731. The van der Waals surface area contributed by atoms with Crippen molar-refractivity contribution in [3.63, 3.8) is 0 Å². The van der Waals surface area contributed by atoms with Crippen molar-refractivity contribution >= 4 is 17.4 Å². The van der Waals surface area contributed by atoms with Gasteiger partial charge in [-0.2, -0.15) is 0 Å². The average molecular weight is 328 g/mol. The molecule has 0 amide bonds. The molecular formula is C14H12N6O2S. The summed E-state index contributed by atoms with van der Waals surface area (Å²) in [6.45, 7) is 2.02. The Hall–Kier alpha value is -2.81. The minimum atomic E-state index is -0.535. The van der Waals surface area contributed by atoms with E-state index in [-0.39, 0.29) is 5.69 Å². The van der Waals surface area contributed by atoms with Crippen LogP contribution in [-0.4, -0.2) is 29.7 Å². The smallest absolute Gasteiger partial charge is 0.305 e. The van der Waals surface area contributed by atoms with Crippen molar-refractivity contribution in [1.82, 2.24) is 24.7 Å². The first kappa shape index (κ1) is 15.1. The molecule has 0 aliphatic carbocycles. The molecule has 0 bridgehead atoms.